The van der Waals surface area contributed by atoms with Crippen molar-refractivity contribution < 1.29 is 0 Å². The Balaban J connectivity index is 1.80. The van der Waals surface area contributed by atoms with Crippen molar-refractivity contribution in [1.82, 2.24) is 14.9 Å². The second kappa shape index (κ2) is 4.93. The Kier molecular flexibility index (Phi) is 3.30. The highest BCUT2D eigenvalue weighted by molar-refractivity contribution is 7.98. The standard InChI is InChI=1S/C12H19N5S/c1-18-12-14-10(13)7-11(15-12)17-6-5-16-4-2-3-9(16)8-17/h7,9H,2-6,8H2,1H3,(H2,13,14,15). The average molecular weight is 265 g/mol. The smallest absolute Gasteiger partial charge is 0.191 e. The molecule has 0 spiro atoms. The summed E-state index contributed by atoms with van der Waals surface area (Å²) in [6.07, 6.45) is 4.63. The number of anilines is 2. The fourth-order valence-electron chi connectivity index (χ4n) is 2.88. The summed E-state index contributed by atoms with van der Waals surface area (Å²) in [6, 6.07) is 2.59. The minimum Gasteiger partial charge on any atom is -0.383 e. The van der Waals surface area contributed by atoms with Gasteiger partial charge in [-0.05, 0) is 25.6 Å². The van der Waals surface area contributed by atoms with Crippen molar-refractivity contribution in [2.75, 3.05) is 43.1 Å². The zero-order valence-electron chi connectivity index (χ0n) is 10.7. The number of fused-ring (bicyclic) bond motifs is 1. The van der Waals surface area contributed by atoms with Gasteiger partial charge in [-0.2, -0.15) is 0 Å². The largest absolute Gasteiger partial charge is 0.383 e. The van der Waals surface area contributed by atoms with Crippen molar-refractivity contribution in [2.24, 2.45) is 0 Å². The second-order valence-corrected chi connectivity index (χ2v) is 5.69. The van der Waals surface area contributed by atoms with E-state index in [1.807, 2.05) is 12.3 Å². The molecule has 3 rings (SSSR count). The Morgan fingerprint density at radius 2 is 2.22 bits per heavy atom. The summed E-state index contributed by atoms with van der Waals surface area (Å²) in [5.74, 6) is 1.55. The molecule has 1 unspecified atom stereocenters. The predicted molar refractivity (Wildman–Crippen MR) is 75.0 cm³/mol. The molecule has 3 heterocycles. The molecule has 2 aliphatic heterocycles. The van der Waals surface area contributed by atoms with Crippen LogP contribution in [0.3, 0.4) is 0 Å². The minimum atomic E-state index is 0.568. The van der Waals surface area contributed by atoms with Gasteiger partial charge in [-0.1, -0.05) is 11.8 Å². The van der Waals surface area contributed by atoms with Crippen LogP contribution in [0.15, 0.2) is 11.2 Å². The third-order valence-electron chi connectivity index (χ3n) is 3.81. The zero-order chi connectivity index (χ0) is 12.5. The van der Waals surface area contributed by atoms with Gasteiger partial charge in [0.2, 0.25) is 0 Å². The van der Waals surface area contributed by atoms with Crippen LogP contribution in [0.25, 0.3) is 0 Å². The molecule has 2 aliphatic rings. The lowest BCUT2D eigenvalue weighted by Crippen LogP contribution is -2.50. The second-order valence-electron chi connectivity index (χ2n) is 4.92. The first-order chi connectivity index (χ1) is 8.76. The van der Waals surface area contributed by atoms with Crippen molar-refractivity contribution in [3.63, 3.8) is 0 Å². The van der Waals surface area contributed by atoms with E-state index in [-0.39, 0.29) is 0 Å². The van der Waals surface area contributed by atoms with Gasteiger partial charge < -0.3 is 10.6 Å². The molecule has 0 amide bonds. The van der Waals surface area contributed by atoms with Crippen LogP contribution < -0.4 is 10.6 Å². The van der Waals surface area contributed by atoms with Crippen LogP contribution in [0.1, 0.15) is 12.8 Å². The zero-order valence-corrected chi connectivity index (χ0v) is 11.5. The highest BCUT2D eigenvalue weighted by Crippen LogP contribution is 2.26. The summed E-state index contributed by atoms with van der Waals surface area (Å²) in [5.41, 5.74) is 5.85. The first kappa shape index (κ1) is 12.0. The highest BCUT2D eigenvalue weighted by Gasteiger charge is 2.31. The predicted octanol–water partition coefficient (Wildman–Crippen LogP) is 1.07. The summed E-state index contributed by atoms with van der Waals surface area (Å²) in [5, 5.41) is 0.763. The molecule has 2 saturated heterocycles. The van der Waals surface area contributed by atoms with Crippen LogP contribution in [0.4, 0.5) is 11.6 Å². The number of nitrogens with zero attached hydrogens (tertiary/aromatic N) is 4. The molecule has 0 radical (unpaired) electrons. The van der Waals surface area contributed by atoms with Gasteiger partial charge in [-0.3, -0.25) is 4.90 Å². The lowest BCUT2D eigenvalue weighted by molar-refractivity contribution is 0.230. The van der Waals surface area contributed by atoms with Gasteiger partial charge in [0.1, 0.15) is 11.6 Å². The van der Waals surface area contributed by atoms with E-state index >= 15 is 0 Å². The normalized spacial score (nSPS) is 24.3. The van der Waals surface area contributed by atoms with Crippen LogP contribution in [0.5, 0.6) is 0 Å². The van der Waals surface area contributed by atoms with E-state index in [4.69, 9.17) is 5.73 Å². The van der Waals surface area contributed by atoms with Crippen molar-refractivity contribution in [2.45, 2.75) is 24.0 Å². The summed E-state index contributed by atoms with van der Waals surface area (Å²) < 4.78 is 0. The first-order valence-electron chi connectivity index (χ1n) is 6.44. The van der Waals surface area contributed by atoms with Crippen LogP contribution in [-0.2, 0) is 0 Å². The number of nitrogens with two attached hydrogens (primary N) is 1. The molecule has 6 heteroatoms. The third kappa shape index (κ3) is 2.27. The molecule has 0 aliphatic carbocycles. The number of rotatable bonds is 2. The summed E-state index contributed by atoms with van der Waals surface area (Å²) in [4.78, 5) is 13.7. The Morgan fingerprint density at radius 3 is 3.06 bits per heavy atom. The summed E-state index contributed by atoms with van der Waals surface area (Å²) in [7, 11) is 0. The Morgan fingerprint density at radius 1 is 1.33 bits per heavy atom. The van der Waals surface area contributed by atoms with Gasteiger partial charge in [0, 0.05) is 31.7 Å². The molecule has 1 aromatic heterocycles. The Labute approximate surface area is 112 Å². The molecule has 18 heavy (non-hydrogen) atoms. The number of aromatic nitrogens is 2. The highest BCUT2D eigenvalue weighted by atomic mass is 32.2. The van der Waals surface area contributed by atoms with Gasteiger partial charge in [0.25, 0.3) is 0 Å². The first-order valence-corrected chi connectivity index (χ1v) is 7.66. The van der Waals surface area contributed by atoms with Crippen molar-refractivity contribution in [3.05, 3.63) is 6.07 Å². The fourth-order valence-corrected chi connectivity index (χ4v) is 3.26. The molecule has 0 aromatic carbocycles. The molecular formula is C12H19N5S. The van der Waals surface area contributed by atoms with Crippen LogP contribution in [0.2, 0.25) is 0 Å². The number of hydrogen-bond acceptors (Lipinski definition) is 6. The van der Waals surface area contributed by atoms with E-state index in [2.05, 4.69) is 19.8 Å². The molecule has 1 aromatic rings. The quantitative estimate of drug-likeness (QED) is 0.637. The van der Waals surface area contributed by atoms with Gasteiger partial charge in [0.05, 0.1) is 0 Å². The van der Waals surface area contributed by atoms with Crippen LogP contribution in [0, 0.1) is 0 Å². The maximum absolute atomic E-state index is 5.85. The maximum Gasteiger partial charge on any atom is 0.191 e. The fraction of sp³-hybridized carbons (Fsp3) is 0.667. The molecular weight excluding hydrogens is 246 g/mol. The van der Waals surface area contributed by atoms with E-state index in [9.17, 15) is 0 Å². The molecule has 1 atom stereocenters. The van der Waals surface area contributed by atoms with E-state index in [0.717, 1.165) is 30.6 Å². The summed E-state index contributed by atoms with van der Waals surface area (Å²) in [6.45, 7) is 4.52. The van der Waals surface area contributed by atoms with Gasteiger partial charge in [0.15, 0.2) is 5.16 Å². The van der Waals surface area contributed by atoms with Crippen LogP contribution in [-0.4, -0.2) is 53.3 Å². The number of hydrogen-bond donors (Lipinski definition) is 1. The number of piperazine rings is 1. The van der Waals surface area contributed by atoms with Gasteiger partial charge in [-0.25, -0.2) is 9.97 Å². The molecule has 2 N–H and O–H groups in total. The van der Waals surface area contributed by atoms with E-state index in [1.165, 1.54) is 19.4 Å². The summed E-state index contributed by atoms with van der Waals surface area (Å²) >= 11 is 1.54. The molecule has 98 valence electrons. The van der Waals surface area contributed by atoms with E-state index in [0.29, 0.717) is 11.9 Å². The van der Waals surface area contributed by atoms with Gasteiger partial charge >= 0.3 is 0 Å². The average Bonchev–Trinajstić information content (AvgIpc) is 2.85. The minimum absolute atomic E-state index is 0.568. The molecule has 0 saturated carbocycles. The lowest BCUT2D eigenvalue weighted by atomic mass is 10.1. The molecule has 5 nitrogen and oxygen atoms in total. The van der Waals surface area contributed by atoms with Crippen molar-refractivity contribution in [1.29, 1.82) is 0 Å². The lowest BCUT2D eigenvalue weighted by Gasteiger charge is -2.38. The Bertz CT molecular complexity index is 438. The Hall–Kier alpha value is -1.01. The maximum atomic E-state index is 5.85. The van der Waals surface area contributed by atoms with E-state index in [1.54, 1.807) is 11.8 Å². The monoisotopic (exact) mass is 265 g/mol. The van der Waals surface area contributed by atoms with Crippen molar-refractivity contribution in [3.8, 4) is 0 Å². The molecule has 2 fully saturated rings. The topological polar surface area (TPSA) is 58.3 Å². The van der Waals surface area contributed by atoms with Gasteiger partial charge in [-0.15, -0.1) is 0 Å². The van der Waals surface area contributed by atoms with E-state index < -0.39 is 0 Å². The van der Waals surface area contributed by atoms with Crippen molar-refractivity contribution >= 4 is 23.4 Å². The third-order valence-corrected chi connectivity index (χ3v) is 4.35. The number of thioether (sulfide) groups is 1. The SMILES string of the molecule is CSc1nc(N)cc(N2CCN3CCCC3C2)n1. The number of nitrogen functional groups attached to an aromatic ring is 1. The van der Waals surface area contributed by atoms with Crippen LogP contribution >= 0.6 is 11.8 Å². The molecule has 0 bridgehead atoms.